The van der Waals surface area contributed by atoms with E-state index in [0.717, 1.165) is 36.0 Å². The minimum atomic E-state index is -0.127. The highest BCUT2D eigenvalue weighted by molar-refractivity contribution is 7.80. The molecule has 2 heterocycles. The molecular weight excluding hydrogens is 436 g/mol. The van der Waals surface area contributed by atoms with Gasteiger partial charge in [-0.1, -0.05) is 30.3 Å². The van der Waals surface area contributed by atoms with E-state index in [0.29, 0.717) is 28.7 Å². The molecule has 0 amide bonds. The Morgan fingerprint density at radius 3 is 2.58 bits per heavy atom. The number of thiocarbonyl (C=S) groups is 1. The SMILES string of the molecule is C[C@@H](NC(=S)N(CCCN(C)C)Cc1cc2cc3c(cc2[nH]c1=O)OCO3)c1ccccc1. The Kier molecular flexibility index (Phi) is 7.15. The van der Waals surface area contributed by atoms with Crippen molar-refractivity contribution in [3.05, 3.63) is 70.0 Å². The van der Waals surface area contributed by atoms with E-state index in [1.807, 2.05) is 36.4 Å². The van der Waals surface area contributed by atoms with Gasteiger partial charge in [-0.05, 0) is 63.9 Å². The van der Waals surface area contributed by atoms with Gasteiger partial charge in [0, 0.05) is 23.6 Å². The fourth-order valence-corrected chi connectivity index (χ4v) is 4.23. The molecule has 33 heavy (non-hydrogen) atoms. The van der Waals surface area contributed by atoms with Crippen LogP contribution in [0.25, 0.3) is 10.9 Å². The number of ether oxygens (including phenoxy) is 2. The van der Waals surface area contributed by atoms with Crippen LogP contribution in [-0.2, 0) is 6.54 Å². The first-order valence-corrected chi connectivity index (χ1v) is 11.5. The molecule has 0 bridgehead atoms. The summed E-state index contributed by atoms with van der Waals surface area (Å²) in [6, 6.07) is 15.9. The summed E-state index contributed by atoms with van der Waals surface area (Å²) in [4.78, 5) is 20.1. The second kappa shape index (κ2) is 10.2. The maximum Gasteiger partial charge on any atom is 0.253 e. The van der Waals surface area contributed by atoms with E-state index in [1.165, 1.54) is 0 Å². The number of fused-ring (bicyclic) bond motifs is 2. The molecule has 0 radical (unpaired) electrons. The van der Waals surface area contributed by atoms with Crippen molar-refractivity contribution in [2.75, 3.05) is 34.0 Å². The van der Waals surface area contributed by atoms with E-state index in [-0.39, 0.29) is 18.4 Å². The molecule has 1 aromatic heterocycles. The predicted molar refractivity (Wildman–Crippen MR) is 135 cm³/mol. The predicted octanol–water partition coefficient (Wildman–Crippen LogP) is 3.65. The van der Waals surface area contributed by atoms with Crippen molar-refractivity contribution in [1.29, 1.82) is 0 Å². The highest BCUT2D eigenvalue weighted by atomic mass is 32.1. The van der Waals surface area contributed by atoms with Crippen molar-refractivity contribution >= 4 is 28.2 Å². The fraction of sp³-hybridized carbons (Fsp3) is 0.360. The molecule has 0 saturated heterocycles. The Morgan fingerprint density at radius 1 is 1.12 bits per heavy atom. The molecule has 2 aromatic carbocycles. The third-order valence-corrected chi connectivity index (χ3v) is 6.11. The summed E-state index contributed by atoms with van der Waals surface area (Å²) in [7, 11) is 4.10. The largest absolute Gasteiger partial charge is 0.454 e. The Balaban J connectivity index is 1.55. The van der Waals surface area contributed by atoms with Crippen LogP contribution in [0.5, 0.6) is 11.5 Å². The van der Waals surface area contributed by atoms with Crippen molar-refractivity contribution in [3.8, 4) is 11.5 Å². The van der Waals surface area contributed by atoms with E-state index in [2.05, 4.69) is 53.3 Å². The van der Waals surface area contributed by atoms with E-state index in [1.54, 1.807) is 0 Å². The lowest BCUT2D eigenvalue weighted by Crippen LogP contribution is -2.42. The summed E-state index contributed by atoms with van der Waals surface area (Å²) < 4.78 is 10.9. The van der Waals surface area contributed by atoms with Gasteiger partial charge in [0.2, 0.25) is 6.79 Å². The molecule has 0 unspecified atom stereocenters. The molecule has 0 saturated carbocycles. The summed E-state index contributed by atoms with van der Waals surface area (Å²) in [5.74, 6) is 1.34. The molecule has 0 aliphatic carbocycles. The lowest BCUT2D eigenvalue weighted by atomic mass is 10.1. The van der Waals surface area contributed by atoms with Crippen LogP contribution in [0.3, 0.4) is 0 Å². The molecule has 4 rings (SSSR count). The molecule has 174 valence electrons. The topological polar surface area (TPSA) is 69.8 Å². The van der Waals surface area contributed by atoms with Crippen molar-refractivity contribution in [1.82, 2.24) is 20.1 Å². The molecule has 2 N–H and O–H groups in total. The van der Waals surface area contributed by atoms with Crippen LogP contribution in [0.15, 0.2) is 53.3 Å². The third kappa shape index (κ3) is 5.64. The Labute approximate surface area is 199 Å². The minimum Gasteiger partial charge on any atom is -0.454 e. The summed E-state index contributed by atoms with van der Waals surface area (Å²) in [6.45, 7) is 4.38. The van der Waals surface area contributed by atoms with E-state index >= 15 is 0 Å². The number of rotatable bonds is 8. The Bertz CT molecular complexity index is 1180. The Morgan fingerprint density at radius 2 is 1.85 bits per heavy atom. The summed E-state index contributed by atoms with van der Waals surface area (Å²) in [5.41, 5.74) is 2.42. The van der Waals surface area contributed by atoms with Gasteiger partial charge in [0.1, 0.15) is 0 Å². The highest BCUT2D eigenvalue weighted by Gasteiger charge is 2.18. The van der Waals surface area contributed by atoms with Gasteiger partial charge >= 0.3 is 0 Å². The van der Waals surface area contributed by atoms with Gasteiger partial charge in [-0.25, -0.2) is 0 Å². The second-order valence-corrected chi connectivity index (χ2v) is 8.96. The van der Waals surface area contributed by atoms with Crippen molar-refractivity contribution < 1.29 is 9.47 Å². The molecule has 1 atom stereocenters. The summed E-state index contributed by atoms with van der Waals surface area (Å²) in [6.07, 6.45) is 0.929. The van der Waals surface area contributed by atoms with Crippen LogP contribution >= 0.6 is 12.2 Å². The number of nitrogens with one attached hydrogen (secondary N) is 2. The molecule has 0 fully saturated rings. The van der Waals surface area contributed by atoms with Gasteiger partial charge < -0.3 is 29.6 Å². The van der Waals surface area contributed by atoms with Crippen LogP contribution in [0.1, 0.15) is 30.5 Å². The molecule has 0 spiro atoms. The molecule has 1 aliphatic heterocycles. The normalized spacial score (nSPS) is 13.3. The van der Waals surface area contributed by atoms with E-state index < -0.39 is 0 Å². The van der Waals surface area contributed by atoms with Gasteiger partial charge in [-0.3, -0.25) is 4.79 Å². The first-order valence-electron chi connectivity index (χ1n) is 11.1. The smallest absolute Gasteiger partial charge is 0.253 e. The lowest BCUT2D eigenvalue weighted by molar-refractivity contribution is 0.174. The maximum absolute atomic E-state index is 12.9. The first-order chi connectivity index (χ1) is 15.9. The standard InChI is InChI=1S/C25H30N4O3S/c1-17(18-8-5-4-6-9-18)26-25(33)29(11-7-10-28(2)3)15-20-12-19-13-22-23(32-16-31-22)14-21(19)27-24(20)30/h4-6,8-9,12-14,17H,7,10-11,15-16H2,1-3H3,(H,26,33)(H,27,30)/t17-/m1/s1. The second-order valence-electron chi connectivity index (χ2n) is 8.58. The number of pyridine rings is 1. The van der Waals surface area contributed by atoms with Gasteiger partial charge in [-0.2, -0.15) is 0 Å². The summed E-state index contributed by atoms with van der Waals surface area (Å²) >= 11 is 5.79. The number of aromatic amines is 1. The van der Waals surface area contributed by atoms with Crippen molar-refractivity contribution in [2.45, 2.75) is 25.9 Å². The zero-order valence-electron chi connectivity index (χ0n) is 19.3. The van der Waals surface area contributed by atoms with Gasteiger partial charge in [0.05, 0.1) is 18.1 Å². The lowest BCUT2D eigenvalue weighted by Gasteiger charge is -2.28. The van der Waals surface area contributed by atoms with Crippen molar-refractivity contribution in [3.63, 3.8) is 0 Å². The number of hydrogen-bond donors (Lipinski definition) is 2. The van der Waals surface area contributed by atoms with Crippen LogP contribution < -0.4 is 20.3 Å². The number of hydrogen-bond acceptors (Lipinski definition) is 5. The average Bonchev–Trinajstić information content (AvgIpc) is 3.24. The number of benzene rings is 2. The van der Waals surface area contributed by atoms with Crippen LogP contribution in [-0.4, -0.2) is 53.9 Å². The van der Waals surface area contributed by atoms with E-state index in [4.69, 9.17) is 21.7 Å². The van der Waals surface area contributed by atoms with Crippen LogP contribution in [0.2, 0.25) is 0 Å². The maximum atomic E-state index is 12.9. The fourth-order valence-electron chi connectivity index (χ4n) is 3.90. The Hall–Kier alpha value is -3.10. The number of H-pyrrole nitrogens is 1. The van der Waals surface area contributed by atoms with E-state index in [9.17, 15) is 4.79 Å². The van der Waals surface area contributed by atoms with Crippen molar-refractivity contribution in [2.24, 2.45) is 0 Å². The molecule has 3 aromatic rings. The summed E-state index contributed by atoms with van der Waals surface area (Å²) in [5, 5.41) is 4.98. The number of aromatic nitrogens is 1. The van der Waals surface area contributed by atoms with Gasteiger partial charge in [0.25, 0.3) is 5.56 Å². The monoisotopic (exact) mass is 466 g/mol. The third-order valence-electron chi connectivity index (χ3n) is 5.74. The molecular formula is C25H30N4O3S. The van der Waals surface area contributed by atoms with Gasteiger partial charge in [-0.15, -0.1) is 0 Å². The van der Waals surface area contributed by atoms with Crippen LogP contribution in [0, 0.1) is 0 Å². The van der Waals surface area contributed by atoms with Crippen LogP contribution in [0.4, 0.5) is 0 Å². The quantitative estimate of drug-likeness (QED) is 0.491. The zero-order valence-corrected chi connectivity index (χ0v) is 20.1. The average molecular weight is 467 g/mol. The van der Waals surface area contributed by atoms with Gasteiger partial charge in [0.15, 0.2) is 16.6 Å². The molecule has 7 nitrogen and oxygen atoms in total. The molecule has 1 aliphatic rings. The minimum absolute atomic E-state index is 0.0599. The zero-order chi connectivity index (χ0) is 23.4. The number of nitrogens with zero attached hydrogens (tertiary/aromatic N) is 2. The highest BCUT2D eigenvalue weighted by Crippen LogP contribution is 2.35. The first kappa shape index (κ1) is 23.1. The molecule has 8 heteroatoms.